The lowest BCUT2D eigenvalue weighted by Crippen LogP contribution is -2.56. The van der Waals surface area contributed by atoms with E-state index in [1.54, 1.807) is 24.0 Å². The molecule has 1 saturated heterocycles. The van der Waals surface area contributed by atoms with Crippen molar-refractivity contribution in [1.29, 1.82) is 0 Å². The summed E-state index contributed by atoms with van der Waals surface area (Å²) >= 11 is 3.30. The molecule has 2 N–H and O–H groups in total. The zero-order valence-corrected chi connectivity index (χ0v) is 13.1. The van der Waals surface area contributed by atoms with Crippen molar-refractivity contribution < 1.29 is 19.1 Å². The second-order valence-corrected chi connectivity index (χ2v) is 5.90. The molecule has 2 atom stereocenters. The number of amides is 1. The lowest BCUT2D eigenvalue weighted by molar-refractivity contribution is -0.143. The lowest BCUT2D eigenvalue weighted by atomic mass is 10.0. The smallest absolute Gasteiger partial charge is 0.305 e. The molecule has 21 heavy (non-hydrogen) atoms. The average Bonchev–Trinajstić information content (AvgIpc) is 2.42. The molecule has 1 amide bonds. The fraction of sp³-hybridized carbons (Fsp3) is 0.429. The van der Waals surface area contributed by atoms with E-state index < -0.39 is 18.1 Å². The van der Waals surface area contributed by atoms with Crippen molar-refractivity contribution in [1.82, 2.24) is 10.2 Å². The molecular formula is C14H16BrFN2O3. The molecule has 1 heterocycles. The summed E-state index contributed by atoms with van der Waals surface area (Å²) < 4.78 is 14.7. The third-order valence-electron chi connectivity index (χ3n) is 3.65. The Labute approximate surface area is 130 Å². The SMILES string of the molecule is CC(c1cc(Br)ccc1F)N1CCNC(=O)C1CC(=O)O. The third-order valence-corrected chi connectivity index (χ3v) is 4.14. The zero-order valence-electron chi connectivity index (χ0n) is 11.5. The quantitative estimate of drug-likeness (QED) is 0.862. The van der Waals surface area contributed by atoms with E-state index in [1.807, 2.05) is 0 Å². The minimum absolute atomic E-state index is 0.300. The Kier molecular flexibility index (Phi) is 4.95. The first-order valence-corrected chi connectivity index (χ1v) is 7.39. The Bertz CT molecular complexity index is 567. The highest BCUT2D eigenvalue weighted by molar-refractivity contribution is 9.10. The van der Waals surface area contributed by atoms with Gasteiger partial charge in [-0.25, -0.2) is 4.39 Å². The second kappa shape index (κ2) is 6.53. The van der Waals surface area contributed by atoms with E-state index in [-0.39, 0.29) is 18.1 Å². The van der Waals surface area contributed by atoms with Gasteiger partial charge >= 0.3 is 5.97 Å². The normalized spacial score (nSPS) is 20.9. The number of rotatable bonds is 4. The topological polar surface area (TPSA) is 69.6 Å². The average molecular weight is 359 g/mol. The van der Waals surface area contributed by atoms with Gasteiger partial charge in [0.2, 0.25) is 5.91 Å². The fourth-order valence-electron chi connectivity index (χ4n) is 2.58. The number of hydrogen-bond acceptors (Lipinski definition) is 3. The van der Waals surface area contributed by atoms with Gasteiger partial charge in [-0.05, 0) is 25.1 Å². The summed E-state index contributed by atoms with van der Waals surface area (Å²) in [6.07, 6.45) is -0.300. The van der Waals surface area contributed by atoms with Crippen molar-refractivity contribution in [2.75, 3.05) is 13.1 Å². The van der Waals surface area contributed by atoms with E-state index in [9.17, 15) is 14.0 Å². The maximum Gasteiger partial charge on any atom is 0.305 e. The molecule has 0 aliphatic carbocycles. The van der Waals surface area contributed by atoms with Crippen LogP contribution in [0.1, 0.15) is 24.9 Å². The van der Waals surface area contributed by atoms with Crippen LogP contribution in [0, 0.1) is 5.82 Å². The summed E-state index contributed by atoms with van der Waals surface area (Å²) in [6, 6.07) is 3.43. The highest BCUT2D eigenvalue weighted by atomic mass is 79.9. The van der Waals surface area contributed by atoms with Crippen molar-refractivity contribution in [2.45, 2.75) is 25.4 Å². The van der Waals surface area contributed by atoms with Gasteiger partial charge in [-0.3, -0.25) is 14.5 Å². The van der Waals surface area contributed by atoms with Crippen LogP contribution in [0.3, 0.4) is 0 Å². The Morgan fingerprint density at radius 1 is 1.62 bits per heavy atom. The molecule has 0 bridgehead atoms. The van der Waals surface area contributed by atoms with Crippen LogP contribution >= 0.6 is 15.9 Å². The van der Waals surface area contributed by atoms with Gasteiger partial charge in [-0.1, -0.05) is 15.9 Å². The van der Waals surface area contributed by atoms with Gasteiger partial charge in [0.25, 0.3) is 0 Å². The Morgan fingerprint density at radius 3 is 3.00 bits per heavy atom. The van der Waals surface area contributed by atoms with Crippen LogP contribution < -0.4 is 5.32 Å². The molecule has 0 radical (unpaired) electrons. The number of benzene rings is 1. The summed E-state index contributed by atoms with van der Waals surface area (Å²) in [5.74, 6) is -1.75. The number of hydrogen-bond donors (Lipinski definition) is 2. The third kappa shape index (κ3) is 3.59. The fourth-order valence-corrected chi connectivity index (χ4v) is 2.96. The van der Waals surface area contributed by atoms with Crippen LogP contribution in [0.4, 0.5) is 4.39 Å². The van der Waals surface area contributed by atoms with Crippen LogP contribution in [0.25, 0.3) is 0 Å². The Hall–Kier alpha value is -1.47. The van der Waals surface area contributed by atoms with Gasteiger partial charge in [0, 0.05) is 29.2 Å². The molecule has 1 fully saturated rings. The number of carbonyl (C=O) groups is 2. The van der Waals surface area contributed by atoms with Crippen LogP contribution in [0.15, 0.2) is 22.7 Å². The summed E-state index contributed by atoms with van der Waals surface area (Å²) in [6.45, 7) is 2.68. The summed E-state index contributed by atoms with van der Waals surface area (Å²) in [4.78, 5) is 24.6. The monoisotopic (exact) mass is 358 g/mol. The van der Waals surface area contributed by atoms with E-state index in [4.69, 9.17) is 5.11 Å². The molecule has 0 aromatic heterocycles. The minimum atomic E-state index is -1.05. The van der Waals surface area contributed by atoms with E-state index in [2.05, 4.69) is 21.2 Å². The highest BCUT2D eigenvalue weighted by Gasteiger charge is 2.35. The predicted octanol–water partition coefficient (Wildman–Crippen LogP) is 1.92. The Morgan fingerprint density at radius 2 is 2.33 bits per heavy atom. The molecule has 5 nitrogen and oxygen atoms in total. The number of nitrogens with zero attached hydrogens (tertiary/aromatic N) is 1. The molecule has 1 aromatic rings. The lowest BCUT2D eigenvalue weighted by Gasteiger charge is -2.38. The van der Waals surface area contributed by atoms with E-state index in [1.165, 1.54) is 6.07 Å². The van der Waals surface area contributed by atoms with Gasteiger partial charge in [-0.2, -0.15) is 0 Å². The van der Waals surface area contributed by atoms with Crippen molar-refractivity contribution in [2.24, 2.45) is 0 Å². The molecular weight excluding hydrogens is 343 g/mol. The number of carbonyl (C=O) groups excluding carboxylic acids is 1. The van der Waals surface area contributed by atoms with Crippen molar-refractivity contribution in [3.8, 4) is 0 Å². The number of halogens is 2. The molecule has 0 saturated carbocycles. The van der Waals surface area contributed by atoms with Gasteiger partial charge in [-0.15, -0.1) is 0 Å². The number of carboxylic acids is 1. The van der Waals surface area contributed by atoms with E-state index in [0.717, 1.165) is 4.47 Å². The largest absolute Gasteiger partial charge is 0.481 e. The molecule has 1 aliphatic rings. The number of aliphatic carboxylic acids is 1. The number of piperazine rings is 1. The first-order valence-electron chi connectivity index (χ1n) is 6.60. The van der Waals surface area contributed by atoms with Gasteiger partial charge in [0.05, 0.1) is 6.42 Å². The second-order valence-electron chi connectivity index (χ2n) is 4.98. The molecule has 1 aromatic carbocycles. The maximum atomic E-state index is 14.0. The minimum Gasteiger partial charge on any atom is -0.481 e. The van der Waals surface area contributed by atoms with Gasteiger partial charge in [0.15, 0.2) is 0 Å². The maximum absolute atomic E-state index is 14.0. The van der Waals surface area contributed by atoms with Gasteiger partial charge < -0.3 is 10.4 Å². The van der Waals surface area contributed by atoms with E-state index >= 15 is 0 Å². The predicted molar refractivity (Wildman–Crippen MR) is 78.3 cm³/mol. The van der Waals surface area contributed by atoms with Crippen LogP contribution in [0.2, 0.25) is 0 Å². The van der Waals surface area contributed by atoms with Crippen molar-refractivity contribution in [3.63, 3.8) is 0 Å². The molecule has 114 valence electrons. The molecule has 2 unspecified atom stereocenters. The number of nitrogens with one attached hydrogen (secondary N) is 1. The summed E-state index contributed by atoms with van der Waals surface area (Å²) in [5.41, 5.74) is 0.439. The van der Waals surface area contributed by atoms with Crippen LogP contribution in [-0.4, -0.2) is 41.0 Å². The standard InChI is InChI=1S/C14H16BrFN2O3/c1-8(10-6-9(15)2-3-11(10)16)18-5-4-17-14(21)12(18)7-13(19)20/h2-3,6,8,12H,4-5,7H2,1H3,(H,17,21)(H,19,20). The van der Waals surface area contributed by atoms with Crippen LogP contribution in [-0.2, 0) is 9.59 Å². The molecule has 1 aliphatic heterocycles. The molecule has 0 spiro atoms. The van der Waals surface area contributed by atoms with Crippen molar-refractivity contribution in [3.05, 3.63) is 34.1 Å². The highest BCUT2D eigenvalue weighted by Crippen LogP contribution is 2.29. The number of carboxylic acid groups (broad SMARTS) is 1. The zero-order chi connectivity index (χ0) is 15.6. The Balaban J connectivity index is 2.30. The van der Waals surface area contributed by atoms with E-state index in [0.29, 0.717) is 18.7 Å². The molecule has 7 heteroatoms. The first kappa shape index (κ1) is 15.9. The summed E-state index contributed by atoms with van der Waals surface area (Å²) in [5, 5.41) is 11.6. The first-order chi connectivity index (χ1) is 9.90. The van der Waals surface area contributed by atoms with Crippen LogP contribution in [0.5, 0.6) is 0 Å². The molecule has 2 rings (SSSR count). The summed E-state index contributed by atoms with van der Waals surface area (Å²) in [7, 11) is 0. The van der Waals surface area contributed by atoms with Gasteiger partial charge in [0.1, 0.15) is 11.9 Å². The van der Waals surface area contributed by atoms with Crippen molar-refractivity contribution >= 4 is 27.8 Å².